The SMILES string of the molecule is Cc1cc(C)nc(Sc2c(CNC(C)C)c(C)nn2C)n1. The minimum Gasteiger partial charge on any atom is -0.310 e. The third kappa shape index (κ3) is 4.04. The van der Waals surface area contributed by atoms with Gasteiger partial charge in [0.25, 0.3) is 0 Å². The van der Waals surface area contributed by atoms with Gasteiger partial charge < -0.3 is 5.32 Å². The zero-order chi connectivity index (χ0) is 15.6. The van der Waals surface area contributed by atoms with E-state index in [0.29, 0.717) is 6.04 Å². The zero-order valence-corrected chi connectivity index (χ0v) is 14.4. The molecule has 2 heterocycles. The molecule has 0 saturated carbocycles. The van der Waals surface area contributed by atoms with Crippen LogP contribution in [0, 0.1) is 20.8 Å². The molecular weight excluding hydrogens is 282 g/mol. The van der Waals surface area contributed by atoms with E-state index in [1.807, 2.05) is 38.6 Å². The molecular formula is C15H23N5S. The Hall–Kier alpha value is -1.40. The number of hydrogen-bond donors (Lipinski definition) is 1. The normalized spacial score (nSPS) is 11.4. The number of nitrogens with one attached hydrogen (secondary N) is 1. The summed E-state index contributed by atoms with van der Waals surface area (Å²) in [4.78, 5) is 9.01. The molecule has 0 amide bonds. The summed E-state index contributed by atoms with van der Waals surface area (Å²) in [7, 11) is 1.97. The first kappa shape index (κ1) is 16.0. The van der Waals surface area contributed by atoms with Gasteiger partial charge in [0.15, 0.2) is 5.16 Å². The topological polar surface area (TPSA) is 55.6 Å². The summed E-state index contributed by atoms with van der Waals surface area (Å²) in [5.41, 5.74) is 4.26. The molecule has 0 spiro atoms. The van der Waals surface area contributed by atoms with Crippen molar-refractivity contribution in [1.82, 2.24) is 25.1 Å². The number of hydrogen-bond acceptors (Lipinski definition) is 5. The highest BCUT2D eigenvalue weighted by Crippen LogP contribution is 2.29. The Bertz CT molecular complexity index is 613. The van der Waals surface area contributed by atoms with Crippen molar-refractivity contribution in [3.05, 3.63) is 28.7 Å². The van der Waals surface area contributed by atoms with Crippen molar-refractivity contribution in [2.24, 2.45) is 7.05 Å². The lowest BCUT2D eigenvalue weighted by atomic mass is 10.2. The molecule has 0 fully saturated rings. The van der Waals surface area contributed by atoms with Crippen LogP contribution in [0.3, 0.4) is 0 Å². The molecule has 1 N–H and O–H groups in total. The summed E-state index contributed by atoms with van der Waals surface area (Å²) >= 11 is 1.58. The molecule has 0 aliphatic carbocycles. The summed E-state index contributed by atoms with van der Waals surface area (Å²) < 4.78 is 1.92. The summed E-state index contributed by atoms with van der Waals surface area (Å²) in [6.45, 7) is 11.1. The van der Waals surface area contributed by atoms with E-state index in [1.165, 1.54) is 5.56 Å². The Morgan fingerprint density at radius 2 is 1.81 bits per heavy atom. The smallest absolute Gasteiger partial charge is 0.194 e. The molecule has 2 aromatic rings. The highest BCUT2D eigenvalue weighted by atomic mass is 32.2. The maximum absolute atomic E-state index is 4.53. The van der Waals surface area contributed by atoms with Crippen molar-refractivity contribution in [3.63, 3.8) is 0 Å². The van der Waals surface area contributed by atoms with Crippen molar-refractivity contribution in [2.45, 2.75) is 57.4 Å². The number of aromatic nitrogens is 4. The van der Waals surface area contributed by atoms with Crippen LogP contribution in [0.15, 0.2) is 16.2 Å². The molecule has 0 unspecified atom stereocenters. The van der Waals surface area contributed by atoms with Crippen LogP contribution >= 0.6 is 11.8 Å². The van der Waals surface area contributed by atoms with Gasteiger partial charge in [-0.2, -0.15) is 5.10 Å². The first-order valence-corrected chi connectivity index (χ1v) is 7.94. The second-order valence-electron chi connectivity index (χ2n) is 5.56. The van der Waals surface area contributed by atoms with Crippen molar-refractivity contribution in [3.8, 4) is 0 Å². The van der Waals surface area contributed by atoms with Crippen molar-refractivity contribution >= 4 is 11.8 Å². The van der Waals surface area contributed by atoms with E-state index >= 15 is 0 Å². The van der Waals surface area contributed by atoms with E-state index in [1.54, 1.807) is 11.8 Å². The molecule has 0 atom stereocenters. The summed E-state index contributed by atoms with van der Waals surface area (Å²) in [6, 6.07) is 2.43. The summed E-state index contributed by atoms with van der Waals surface area (Å²) in [5, 5.41) is 9.87. The fourth-order valence-corrected chi connectivity index (χ4v) is 3.21. The van der Waals surface area contributed by atoms with Crippen LogP contribution < -0.4 is 5.32 Å². The fraction of sp³-hybridized carbons (Fsp3) is 0.533. The molecule has 2 rings (SSSR count). The molecule has 114 valence electrons. The minimum atomic E-state index is 0.444. The standard InChI is InChI=1S/C15H23N5S/c1-9(2)16-8-13-12(5)19-20(6)14(13)21-15-17-10(3)7-11(4)18-15/h7,9,16H,8H2,1-6H3. The van der Waals surface area contributed by atoms with Crippen LogP contribution in [0.1, 0.15) is 36.5 Å². The maximum Gasteiger partial charge on any atom is 0.194 e. The molecule has 0 radical (unpaired) electrons. The average molecular weight is 305 g/mol. The molecule has 0 aromatic carbocycles. The van der Waals surface area contributed by atoms with E-state index in [4.69, 9.17) is 0 Å². The van der Waals surface area contributed by atoms with E-state index < -0.39 is 0 Å². The molecule has 21 heavy (non-hydrogen) atoms. The third-order valence-electron chi connectivity index (χ3n) is 3.13. The minimum absolute atomic E-state index is 0.444. The predicted molar refractivity (Wildman–Crippen MR) is 85.5 cm³/mol. The lowest BCUT2D eigenvalue weighted by Crippen LogP contribution is -2.22. The quantitative estimate of drug-likeness (QED) is 0.861. The highest BCUT2D eigenvalue weighted by Gasteiger charge is 2.16. The Morgan fingerprint density at radius 3 is 2.38 bits per heavy atom. The number of nitrogens with zero attached hydrogens (tertiary/aromatic N) is 4. The molecule has 0 saturated heterocycles. The van der Waals surface area contributed by atoms with Crippen molar-refractivity contribution < 1.29 is 0 Å². The van der Waals surface area contributed by atoms with Gasteiger partial charge in [0.2, 0.25) is 0 Å². The predicted octanol–water partition coefficient (Wildman–Crippen LogP) is 2.78. The van der Waals surface area contributed by atoms with Crippen molar-refractivity contribution in [2.75, 3.05) is 0 Å². The van der Waals surface area contributed by atoms with Crippen LogP contribution in [-0.2, 0) is 13.6 Å². The lowest BCUT2D eigenvalue weighted by Gasteiger charge is -2.10. The van der Waals surface area contributed by atoms with E-state index in [0.717, 1.165) is 33.8 Å². The van der Waals surface area contributed by atoms with Gasteiger partial charge in [0, 0.05) is 36.6 Å². The second-order valence-corrected chi connectivity index (χ2v) is 6.52. The Kier molecular flexibility index (Phi) is 5.00. The lowest BCUT2D eigenvalue weighted by molar-refractivity contribution is 0.580. The van der Waals surface area contributed by atoms with E-state index in [-0.39, 0.29) is 0 Å². The second kappa shape index (κ2) is 6.58. The first-order chi connectivity index (χ1) is 9.86. The third-order valence-corrected chi connectivity index (χ3v) is 4.19. The maximum atomic E-state index is 4.53. The zero-order valence-electron chi connectivity index (χ0n) is 13.6. The molecule has 0 bridgehead atoms. The van der Waals surface area contributed by atoms with Gasteiger partial charge in [-0.05, 0) is 38.6 Å². The van der Waals surface area contributed by atoms with Crippen LogP contribution in [0.2, 0.25) is 0 Å². The van der Waals surface area contributed by atoms with Crippen LogP contribution in [0.4, 0.5) is 0 Å². The summed E-state index contributed by atoms with van der Waals surface area (Å²) in [6.07, 6.45) is 0. The molecule has 0 aliphatic heterocycles. The van der Waals surface area contributed by atoms with Crippen LogP contribution in [0.25, 0.3) is 0 Å². The number of aryl methyl sites for hydroxylation is 4. The van der Waals surface area contributed by atoms with E-state index in [2.05, 4.69) is 34.2 Å². The monoisotopic (exact) mass is 305 g/mol. The molecule has 5 nitrogen and oxygen atoms in total. The van der Waals surface area contributed by atoms with Gasteiger partial charge in [-0.1, -0.05) is 13.8 Å². The van der Waals surface area contributed by atoms with Crippen molar-refractivity contribution in [1.29, 1.82) is 0 Å². The van der Waals surface area contributed by atoms with Gasteiger partial charge in [0.1, 0.15) is 5.03 Å². The molecule has 6 heteroatoms. The number of rotatable bonds is 5. The van der Waals surface area contributed by atoms with Gasteiger partial charge in [0.05, 0.1) is 5.69 Å². The van der Waals surface area contributed by atoms with E-state index in [9.17, 15) is 0 Å². The Labute approximate surface area is 130 Å². The van der Waals surface area contributed by atoms with Crippen LogP contribution in [-0.4, -0.2) is 25.8 Å². The first-order valence-electron chi connectivity index (χ1n) is 7.12. The largest absolute Gasteiger partial charge is 0.310 e. The Balaban J connectivity index is 2.30. The fourth-order valence-electron chi connectivity index (χ4n) is 2.14. The molecule has 2 aromatic heterocycles. The van der Waals surface area contributed by atoms with Gasteiger partial charge in [-0.3, -0.25) is 4.68 Å². The average Bonchev–Trinajstić information content (AvgIpc) is 2.60. The van der Waals surface area contributed by atoms with Gasteiger partial charge in [-0.25, -0.2) is 9.97 Å². The summed E-state index contributed by atoms with van der Waals surface area (Å²) in [5.74, 6) is 0. The van der Waals surface area contributed by atoms with Gasteiger partial charge in [-0.15, -0.1) is 0 Å². The Morgan fingerprint density at radius 1 is 1.19 bits per heavy atom. The molecule has 0 aliphatic rings. The van der Waals surface area contributed by atoms with Gasteiger partial charge >= 0.3 is 0 Å². The highest BCUT2D eigenvalue weighted by molar-refractivity contribution is 7.99. The van der Waals surface area contributed by atoms with Crippen LogP contribution in [0.5, 0.6) is 0 Å².